The minimum absolute atomic E-state index is 0.0787. The Morgan fingerprint density at radius 2 is 1.91 bits per heavy atom. The van der Waals surface area contributed by atoms with E-state index in [1.54, 1.807) is 24.0 Å². The van der Waals surface area contributed by atoms with Crippen LogP contribution in [0.1, 0.15) is 29.3 Å². The summed E-state index contributed by atoms with van der Waals surface area (Å²) in [5, 5.41) is 5.38. The molecule has 0 saturated heterocycles. The van der Waals surface area contributed by atoms with E-state index in [1.807, 2.05) is 0 Å². The molecule has 6 nitrogen and oxygen atoms in total. The zero-order valence-electron chi connectivity index (χ0n) is 17.6. The van der Waals surface area contributed by atoms with Gasteiger partial charge in [0.25, 0.3) is 5.91 Å². The van der Waals surface area contributed by atoms with E-state index in [0.29, 0.717) is 30.8 Å². The van der Waals surface area contributed by atoms with Crippen LogP contribution in [0.3, 0.4) is 0 Å². The molecule has 0 radical (unpaired) electrons. The van der Waals surface area contributed by atoms with Crippen LogP contribution in [-0.4, -0.2) is 30.4 Å². The number of benzene rings is 2. The number of rotatable bonds is 3. The molecule has 2 amide bonds. The Morgan fingerprint density at radius 3 is 2.64 bits per heavy atom. The number of nitrogens with one attached hydrogen (secondary N) is 2. The van der Waals surface area contributed by atoms with Gasteiger partial charge in [-0.15, -0.1) is 0 Å². The first-order valence-electron chi connectivity index (χ1n) is 10.2. The van der Waals surface area contributed by atoms with E-state index >= 15 is 0 Å². The maximum absolute atomic E-state index is 14.9. The average Bonchev–Trinajstić information content (AvgIpc) is 2.81. The highest BCUT2D eigenvalue weighted by atomic mass is 35.5. The fraction of sp³-hybridized carbons (Fsp3) is 0.217. The van der Waals surface area contributed by atoms with Gasteiger partial charge < -0.3 is 15.5 Å². The summed E-state index contributed by atoms with van der Waals surface area (Å²) in [5.74, 6) is -2.97. The van der Waals surface area contributed by atoms with Crippen LogP contribution in [-0.2, 0) is 11.2 Å². The second kappa shape index (κ2) is 9.19. The van der Waals surface area contributed by atoms with Gasteiger partial charge in [0.05, 0.1) is 22.0 Å². The number of hydrogen-bond acceptors (Lipinski definition) is 4. The van der Waals surface area contributed by atoms with Gasteiger partial charge in [-0.3, -0.25) is 14.5 Å². The Morgan fingerprint density at radius 1 is 1.12 bits per heavy atom. The molecule has 0 aliphatic carbocycles. The molecule has 2 aliphatic heterocycles. The average molecular weight is 477 g/mol. The van der Waals surface area contributed by atoms with Crippen molar-refractivity contribution >= 4 is 35.3 Å². The van der Waals surface area contributed by atoms with Crippen molar-refractivity contribution in [2.24, 2.45) is 0 Å². The summed E-state index contributed by atoms with van der Waals surface area (Å²) >= 11 is 5.98. The SMILES string of the molecule is C/C=C\C1=C(/NC=O)NCCCc2c(ccc(F)c2F)N2CN1C(=O)c1cc(Cl)c(F)cc12. The number of hydrogen-bond donors (Lipinski definition) is 2. The topological polar surface area (TPSA) is 64.7 Å². The Hall–Kier alpha value is -3.46. The van der Waals surface area contributed by atoms with Crippen molar-refractivity contribution < 1.29 is 22.8 Å². The zero-order valence-corrected chi connectivity index (χ0v) is 18.3. The first kappa shape index (κ1) is 22.7. The maximum atomic E-state index is 14.9. The normalized spacial score (nSPS) is 18.4. The molecule has 0 aromatic heterocycles. The number of carbonyl (C=O) groups is 2. The maximum Gasteiger partial charge on any atom is 0.262 e. The Balaban J connectivity index is 2.02. The predicted octanol–water partition coefficient (Wildman–Crippen LogP) is 4.34. The minimum Gasteiger partial charge on any atom is -0.370 e. The Kier molecular flexibility index (Phi) is 6.33. The molecule has 2 bridgehead atoms. The molecule has 172 valence electrons. The van der Waals surface area contributed by atoms with Crippen LogP contribution < -0.4 is 15.5 Å². The van der Waals surface area contributed by atoms with Crippen molar-refractivity contribution in [2.75, 3.05) is 18.1 Å². The molecule has 0 saturated carbocycles. The third-order valence-corrected chi connectivity index (χ3v) is 5.82. The number of allylic oxidation sites excluding steroid dienone is 2. The first-order valence-corrected chi connectivity index (χ1v) is 10.6. The predicted molar refractivity (Wildman–Crippen MR) is 118 cm³/mol. The van der Waals surface area contributed by atoms with E-state index in [9.17, 15) is 22.8 Å². The quantitative estimate of drug-likeness (QED) is 0.647. The zero-order chi connectivity index (χ0) is 23.7. The lowest BCUT2D eigenvalue weighted by molar-refractivity contribution is -0.109. The molecule has 2 N–H and O–H groups in total. The van der Waals surface area contributed by atoms with Gasteiger partial charge in [0, 0.05) is 17.8 Å². The third-order valence-electron chi connectivity index (χ3n) is 5.53. The molecule has 0 fully saturated rings. The van der Waals surface area contributed by atoms with E-state index < -0.39 is 23.4 Å². The smallest absolute Gasteiger partial charge is 0.262 e. The van der Waals surface area contributed by atoms with Crippen LogP contribution in [0.15, 0.2) is 47.9 Å². The van der Waals surface area contributed by atoms with E-state index in [4.69, 9.17) is 11.6 Å². The number of anilines is 2. The van der Waals surface area contributed by atoms with E-state index in [1.165, 1.54) is 17.0 Å². The summed E-state index contributed by atoms with van der Waals surface area (Å²) in [7, 11) is 0. The van der Waals surface area contributed by atoms with Crippen molar-refractivity contribution in [1.29, 1.82) is 0 Å². The van der Waals surface area contributed by atoms with Gasteiger partial charge in [0.2, 0.25) is 6.41 Å². The van der Waals surface area contributed by atoms with Crippen LogP contribution in [0.25, 0.3) is 0 Å². The standard InChI is InChI=1S/C23H20ClF3N4O2/c1-2-4-19-22(29-11-32)28-8-3-5-13-18(7-6-16(25)21(13)27)30-12-31(19)23(33)14-9-15(24)17(26)10-20(14)30/h2,4,6-7,9-11,28H,3,5,8,12H2,1H3,(H,29,32)/b4-2-,22-19+. The van der Waals surface area contributed by atoms with Crippen molar-refractivity contribution in [2.45, 2.75) is 19.8 Å². The van der Waals surface area contributed by atoms with Gasteiger partial charge in [-0.05, 0) is 50.1 Å². The molecule has 2 aliphatic rings. The van der Waals surface area contributed by atoms with Gasteiger partial charge in [-0.1, -0.05) is 17.7 Å². The van der Waals surface area contributed by atoms with E-state index in [2.05, 4.69) is 10.6 Å². The lowest BCUT2D eigenvalue weighted by Gasteiger charge is -2.39. The number of halogens is 4. The highest BCUT2D eigenvalue weighted by molar-refractivity contribution is 6.31. The lowest BCUT2D eigenvalue weighted by Crippen LogP contribution is -2.46. The van der Waals surface area contributed by atoms with Gasteiger partial charge >= 0.3 is 0 Å². The molecule has 0 atom stereocenters. The molecule has 2 aromatic carbocycles. The van der Waals surface area contributed by atoms with E-state index in [-0.39, 0.29) is 40.7 Å². The molecular weight excluding hydrogens is 457 g/mol. The molecule has 33 heavy (non-hydrogen) atoms. The second-order valence-electron chi connectivity index (χ2n) is 7.50. The highest BCUT2D eigenvalue weighted by Crippen LogP contribution is 2.40. The first-order chi connectivity index (χ1) is 15.9. The summed E-state index contributed by atoms with van der Waals surface area (Å²) in [4.78, 5) is 27.6. The lowest BCUT2D eigenvalue weighted by atomic mass is 10.0. The molecule has 10 heteroatoms. The van der Waals surface area contributed by atoms with Gasteiger partial charge in [-0.2, -0.15) is 0 Å². The van der Waals surface area contributed by atoms with Crippen LogP contribution in [0.5, 0.6) is 0 Å². The number of amides is 2. The molecule has 0 spiro atoms. The van der Waals surface area contributed by atoms with Crippen molar-refractivity contribution in [3.63, 3.8) is 0 Å². The van der Waals surface area contributed by atoms with E-state index in [0.717, 1.165) is 12.1 Å². The van der Waals surface area contributed by atoms with Crippen molar-refractivity contribution in [3.05, 3.63) is 81.5 Å². The summed E-state index contributed by atoms with van der Waals surface area (Å²) in [6.07, 6.45) is 4.35. The fourth-order valence-corrected chi connectivity index (χ4v) is 4.21. The molecule has 4 rings (SSSR count). The summed E-state index contributed by atoms with van der Waals surface area (Å²) in [6, 6.07) is 4.73. The van der Waals surface area contributed by atoms with Crippen LogP contribution >= 0.6 is 11.6 Å². The summed E-state index contributed by atoms with van der Waals surface area (Å²) < 4.78 is 43.4. The largest absolute Gasteiger partial charge is 0.370 e. The molecule has 2 heterocycles. The number of nitrogens with zero attached hydrogens (tertiary/aromatic N) is 2. The Labute approximate surface area is 193 Å². The van der Waals surface area contributed by atoms with Crippen LogP contribution in [0.4, 0.5) is 24.5 Å². The third kappa shape index (κ3) is 4.04. The number of carbonyl (C=O) groups excluding carboxylic acids is 2. The fourth-order valence-electron chi connectivity index (χ4n) is 4.04. The van der Waals surface area contributed by atoms with Crippen molar-refractivity contribution in [3.8, 4) is 0 Å². The Bertz CT molecular complexity index is 1200. The van der Waals surface area contributed by atoms with Crippen LogP contribution in [0.2, 0.25) is 5.02 Å². The second-order valence-corrected chi connectivity index (χ2v) is 7.91. The van der Waals surface area contributed by atoms with Gasteiger partial charge in [-0.25, -0.2) is 13.2 Å². The van der Waals surface area contributed by atoms with Crippen LogP contribution in [0, 0.1) is 17.5 Å². The minimum atomic E-state index is -1.00. The molecular formula is C23H20ClF3N4O2. The number of fused-ring (bicyclic) bond motifs is 6. The summed E-state index contributed by atoms with van der Waals surface area (Å²) in [5.41, 5.74) is 1.02. The summed E-state index contributed by atoms with van der Waals surface area (Å²) in [6.45, 7) is 1.91. The van der Waals surface area contributed by atoms with Crippen molar-refractivity contribution in [1.82, 2.24) is 15.5 Å². The van der Waals surface area contributed by atoms with Gasteiger partial charge in [0.1, 0.15) is 18.3 Å². The molecule has 2 aromatic rings. The molecule has 0 unspecified atom stereocenters. The highest BCUT2D eigenvalue weighted by Gasteiger charge is 2.35. The van der Waals surface area contributed by atoms with Gasteiger partial charge in [0.15, 0.2) is 11.6 Å². The monoisotopic (exact) mass is 476 g/mol.